The highest BCUT2D eigenvalue weighted by atomic mass is 127. The lowest BCUT2D eigenvalue weighted by Crippen LogP contribution is -2.45. The summed E-state index contributed by atoms with van der Waals surface area (Å²) >= 11 is 0. The first kappa shape index (κ1) is 16.5. The molecule has 0 aromatic heterocycles. The van der Waals surface area contributed by atoms with Crippen LogP contribution < -0.4 is 5.73 Å². The van der Waals surface area contributed by atoms with Gasteiger partial charge in [0.2, 0.25) is 0 Å². The van der Waals surface area contributed by atoms with E-state index in [4.69, 9.17) is 10.5 Å². The first-order valence-electron chi connectivity index (χ1n) is 7.08. The number of guanidine groups is 1. The fourth-order valence-electron chi connectivity index (χ4n) is 2.62. The molecule has 0 unspecified atom stereocenters. The van der Waals surface area contributed by atoms with Gasteiger partial charge in [0.1, 0.15) is 5.82 Å². The molecule has 2 N–H and O–H groups in total. The molecule has 2 fully saturated rings. The highest BCUT2D eigenvalue weighted by Gasteiger charge is 2.44. The van der Waals surface area contributed by atoms with Crippen LogP contribution in [0.1, 0.15) is 18.4 Å². The zero-order valence-corrected chi connectivity index (χ0v) is 14.3. The van der Waals surface area contributed by atoms with Crippen LogP contribution in [-0.4, -0.2) is 43.7 Å². The molecule has 0 spiro atoms. The Labute approximate surface area is 141 Å². The van der Waals surface area contributed by atoms with Gasteiger partial charge in [-0.3, -0.25) is 4.99 Å². The minimum absolute atomic E-state index is 0. The molecule has 0 atom stereocenters. The molecule has 1 heterocycles. The third-order valence-electron chi connectivity index (χ3n) is 4.19. The predicted molar refractivity (Wildman–Crippen MR) is 91.6 cm³/mol. The molecule has 0 radical (unpaired) electrons. The maximum atomic E-state index is 13.0. The van der Waals surface area contributed by atoms with Crippen molar-refractivity contribution in [1.29, 1.82) is 0 Å². The summed E-state index contributed by atoms with van der Waals surface area (Å²) in [4.78, 5) is 6.61. The van der Waals surface area contributed by atoms with Gasteiger partial charge in [-0.25, -0.2) is 4.39 Å². The Morgan fingerprint density at radius 3 is 2.43 bits per heavy atom. The first-order valence-corrected chi connectivity index (χ1v) is 7.08. The molecule has 0 amide bonds. The van der Waals surface area contributed by atoms with E-state index in [1.165, 1.54) is 12.1 Å². The van der Waals surface area contributed by atoms with Crippen molar-refractivity contribution in [3.05, 3.63) is 35.6 Å². The van der Waals surface area contributed by atoms with Crippen LogP contribution in [0, 0.1) is 5.82 Å². The van der Waals surface area contributed by atoms with Gasteiger partial charge < -0.3 is 15.4 Å². The van der Waals surface area contributed by atoms with Crippen LogP contribution in [-0.2, 0) is 10.2 Å². The molecule has 3 rings (SSSR count). The average molecular weight is 405 g/mol. The molecule has 1 saturated heterocycles. The summed E-state index contributed by atoms with van der Waals surface area (Å²) in [5, 5.41) is 0. The second-order valence-electron chi connectivity index (χ2n) is 5.56. The van der Waals surface area contributed by atoms with E-state index in [0.717, 1.165) is 31.5 Å². The minimum Gasteiger partial charge on any atom is -0.378 e. The quantitative estimate of drug-likeness (QED) is 0.476. The number of nitrogens with zero attached hydrogens (tertiary/aromatic N) is 2. The molecule has 6 heteroatoms. The van der Waals surface area contributed by atoms with Gasteiger partial charge in [0.15, 0.2) is 5.96 Å². The standard InChI is InChI=1S/C15H20FN3O.HI/c16-13-3-1-12(2-4-13)15(5-6-15)11-18-14(17)19-7-9-20-10-8-19;/h1-4H,5-11H2,(H2,17,18);1H. The van der Waals surface area contributed by atoms with Gasteiger partial charge in [0.25, 0.3) is 0 Å². The summed E-state index contributed by atoms with van der Waals surface area (Å²) in [6.07, 6.45) is 2.19. The Morgan fingerprint density at radius 2 is 1.86 bits per heavy atom. The van der Waals surface area contributed by atoms with Crippen molar-refractivity contribution in [2.24, 2.45) is 10.7 Å². The van der Waals surface area contributed by atoms with Crippen LogP contribution in [0.5, 0.6) is 0 Å². The van der Waals surface area contributed by atoms with E-state index in [0.29, 0.717) is 25.7 Å². The molecule has 1 aliphatic heterocycles. The summed E-state index contributed by atoms with van der Waals surface area (Å²) in [6.45, 7) is 3.71. The van der Waals surface area contributed by atoms with Crippen LogP contribution in [0.25, 0.3) is 0 Å². The van der Waals surface area contributed by atoms with E-state index in [1.54, 1.807) is 0 Å². The molecule has 1 aromatic carbocycles. The number of benzene rings is 1. The molecule has 116 valence electrons. The van der Waals surface area contributed by atoms with Crippen molar-refractivity contribution in [2.45, 2.75) is 18.3 Å². The molecule has 1 aromatic rings. The Bertz CT molecular complexity index is 496. The van der Waals surface area contributed by atoms with Crippen LogP contribution >= 0.6 is 24.0 Å². The molecule has 1 aliphatic carbocycles. The summed E-state index contributed by atoms with van der Waals surface area (Å²) in [6, 6.07) is 6.76. The fraction of sp³-hybridized carbons (Fsp3) is 0.533. The third kappa shape index (κ3) is 3.85. The Kier molecular flexibility index (Phi) is 5.43. The second-order valence-corrected chi connectivity index (χ2v) is 5.56. The molecule has 21 heavy (non-hydrogen) atoms. The second kappa shape index (κ2) is 6.91. The SMILES string of the molecule is I.NC(=NCC1(c2ccc(F)cc2)CC1)N1CCOCC1. The van der Waals surface area contributed by atoms with Gasteiger partial charge in [-0.15, -0.1) is 24.0 Å². The smallest absolute Gasteiger partial charge is 0.191 e. The normalized spacial score (nSPS) is 20.8. The lowest BCUT2D eigenvalue weighted by molar-refractivity contribution is 0.0674. The van der Waals surface area contributed by atoms with E-state index in [9.17, 15) is 4.39 Å². The van der Waals surface area contributed by atoms with Crippen molar-refractivity contribution < 1.29 is 9.13 Å². The molecule has 0 bridgehead atoms. The average Bonchev–Trinajstić information content (AvgIpc) is 3.27. The number of aliphatic imine (C=N–C) groups is 1. The van der Waals surface area contributed by atoms with Crippen molar-refractivity contribution in [2.75, 3.05) is 32.8 Å². The van der Waals surface area contributed by atoms with Gasteiger partial charge in [-0.2, -0.15) is 0 Å². The predicted octanol–water partition coefficient (Wildman–Crippen LogP) is 2.12. The molecule has 2 aliphatic rings. The zero-order chi connectivity index (χ0) is 14.0. The van der Waals surface area contributed by atoms with E-state index >= 15 is 0 Å². The molecular formula is C15H21FIN3O. The van der Waals surface area contributed by atoms with Crippen molar-refractivity contribution in [1.82, 2.24) is 4.90 Å². The number of halogens is 2. The van der Waals surface area contributed by atoms with Crippen LogP contribution in [0.3, 0.4) is 0 Å². The Hall–Kier alpha value is -0.890. The van der Waals surface area contributed by atoms with Gasteiger partial charge in [-0.05, 0) is 30.5 Å². The van der Waals surface area contributed by atoms with Crippen molar-refractivity contribution in [3.63, 3.8) is 0 Å². The maximum Gasteiger partial charge on any atom is 0.191 e. The number of rotatable bonds is 3. The molecule has 1 saturated carbocycles. The van der Waals surface area contributed by atoms with Crippen molar-refractivity contribution >= 4 is 29.9 Å². The topological polar surface area (TPSA) is 50.8 Å². The Morgan fingerprint density at radius 1 is 1.24 bits per heavy atom. The number of morpholine rings is 1. The van der Waals surface area contributed by atoms with Crippen LogP contribution in [0.4, 0.5) is 4.39 Å². The summed E-state index contributed by atoms with van der Waals surface area (Å²) in [5.41, 5.74) is 7.28. The third-order valence-corrected chi connectivity index (χ3v) is 4.19. The summed E-state index contributed by atoms with van der Waals surface area (Å²) in [7, 11) is 0. The number of ether oxygens (including phenoxy) is 1. The van der Waals surface area contributed by atoms with E-state index in [1.807, 2.05) is 12.1 Å². The van der Waals surface area contributed by atoms with E-state index in [2.05, 4.69) is 9.89 Å². The summed E-state index contributed by atoms with van der Waals surface area (Å²) in [5.74, 6) is 0.405. The van der Waals surface area contributed by atoms with Crippen molar-refractivity contribution in [3.8, 4) is 0 Å². The van der Waals surface area contributed by atoms with E-state index in [-0.39, 0.29) is 35.2 Å². The number of hydrogen-bond donors (Lipinski definition) is 1. The van der Waals surface area contributed by atoms with Gasteiger partial charge in [-0.1, -0.05) is 12.1 Å². The first-order chi connectivity index (χ1) is 9.70. The summed E-state index contributed by atoms with van der Waals surface area (Å²) < 4.78 is 18.3. The monoisotopic (exact) mass is 405 g/mol. The van der Waals surface area contributed by atoms with Gasteiger partial charge >= 0.3 is 0 Å². The largest absolute Gasteiger partial charge is 0.378 e. The number of hydrogen-bond acceptors (Lipinski definition) is 2. The highest BCUT2D eigenvalue weighted by Crippen LogP contribution is 2.48. The van der Waals surface area contributed by atoms with Crippen LogP contribution in [0.2, 0.25) is 0 Å². The van der Waals surface area contributed by atoms with Crippen LogP contribution in [0.15, 0.2) is 29.3 Å². The lowest BCUT2D eigenvalue weighted by Gasteiger charge is -2.28. The maximum absolute atomic E-state index is 13.0. The highest BCUT2D eigenvalue weighted by molar-refractivity contribution is 14.0. The Balaban J connectivity index is 0.00000161. The zero-order valence-electron chi connectivity index (χ0n) is 11.9. The van der Waals surface area contributed by atoms with Gasteiger partial charge in [0, 0.05) is 18.5 Å². The van der Waals surface area contributed by atoms with Gasteiger partial charge in [0.05, 0.1) is 19.8 Å². The number of nitrogens with two attached hydrogens (primary N) is 1. The van der Waals surface area contributed by atoms with E-state index < -0.39 is 0 Å². The minimum atomic E-state index is -0.194. The molecule has 4 nitrogen and oxygen atoms in total. The lowest BCUT2D eigenvalue weighted by atomic mass is 9.96. The molecular weight excluding hydrogens is 384 g/mol. The fourth-order valence-corrected chi connectivity index (χ4v) is 2.62.